The van der Waals surface area contributed by atoms with E-state index >= 15 is 0 Å². The minimum absolute atomic E-state index is 0.0645. The summed E-state index contributed by atoms with van der Waals surface area (Å²) in [4.78, 5) is 33.3. The molecular formula is C24H28FN3O3. The Labute approximate surface area is 181 Å². The van der Waals surface area contributed by atoms with Gasteiger partial charge in [0.2, 0.25) is 11.8 Å². The maximum absolute atomic E-state index is 14.1. The van der Waals surface area contributed by atoms with Gasteiger partial charge >= 0.3 is 0 Å². The van der Waals surface area contributed by atoms with Gasteiger partial charge in [0.05, 0.1) is 11.1 Å². The van der Waals surface area contributed by atoms with Gasteiger partial charge in [-0.25, -0.2) is 4.39 Å². The van der Waals surface area contributed by atoms with Gasteiger partial charge in [-0.2, -0.15) is 0 Å². The number of likely N-dealkylation sites (N-methyl/N-ethyl adjacent to an activating group) is 1. The van der Waals surface area contributed by atoms with Gasteiger partial charge in [0.1, 0.15) is 11.2 Å². The molecule has 1 aromatic heterocycles. The van der Waals surface area contributed by atoms with Crippen molar-refractivity contribution in [2.24, 2.45) is 0 Å². The fourth-order valence-electron chi connectivity index (χ4n) is 5.06. The van der Waals surface area contributed by atoms with Crippen molar-refractivity contribution in [2.75, 3.05) is 33.4 Å². The number of hydrogen-bond donors (Lipinski definition) is 1. The van der Waals surface area contributed by atoms with Gasteiger partial charge < -0.3 is 15.0 Å². The van der Waals surface area contributed by atoms with Crippen molar-refractivity contribution in [1.29, 1.82) is 0 Å². The van der Waals surface area contributed by atoms with Crippen LogP contribution in [0.3, 0.4) is 0 Å². The van der Waals surface area contributed by atoms with Crippen LogP contribution in [0.5, 0.6) is 0 Å². The molecule has 0 aliphatic carbocycles. The molecule has 2 amide bonds. The van der Waals surface area contributed by atoms with Crippen LogP contribution in [0, 0.1) is 5.82 Å². The molecular weight excluding hydrogens is 397 g/mol. The van der Waals surface area contributed by atoms with E-state index in [0.717, 1.165) is 0 Å². The number of rotatable bonds is 4. The molecule has 31 heavy (non-hydrogen) atoms. The Kier molecular flexibility index (Phi) is 6.05. The number of piperidine rings is 1. The average molecular weight is 426 g/mol. The number of likely N-dealkylation sites (tertiary alicyclic amines) is 1. The van der Waals surface area contributed by atoms with Crippen LogP contribution in [0.15, 0.2) is 48.7 Å². The zero-order valence-corrected chi connectivity index (χ0v) is 17.8. The molecule has 0 saturated carbocycles. The zero-order valence-electron chi connectivity index (χ0n) is 17.8. The number of ether oxygens (including phenoxy) is 1. The van der Waals surface area contributed by atoms with Crippen LogP contribution in [0.1, 0.15) is 36.9 Å². The Morgan fingerprint density at radius 2 is 1.90 bits per heavy atom. The Bertz CT molecular complexity index is 946. The lowest BCUT2D eigenvalue weighted by Crippen LogP contribution is -2.59. The third-order valence-corrected chi connectivity index (χ3v) is 6.73. The van der Waals surface area contributed by atoms with E-state index in [1.54, 1.807) is 24.2 Å². The summed E-state index contributed by atoms with van der Waals surface area (Å²) >= 11 is 0. The molecule has 7 heteroatoms. The zero-order chi connectivity index (χ0) is 21.9. The summed E-state index contributed by atoms with van der Waals surface area (Å²) in [5.74, 6) is -0.566. The summed E-state index contributed by atoms with van der Waals surface area (Å²) in [5, 5.41) is 2.78. The number of carbonyl (C=O) groups excluding carboxylic acids is 2. The van der Waals surface area contributed by atoms with Crippen molar-refractivity contribution in [1.82, 2.24) is 15.2 Å². The van der Waals surface area contributed by atoms with E-state index in [4.69, 9.17) is 4.74 Å². The second-order valence-corrected chi connectivity index (χ2v) is 8.41. The van der Waals surface area contributed by atoms with Crippen molar-refractivity contribution in [3.63, 3.8) is 0 Å². The number of halogens is 1. The highest BCUT2D eigenvalue weighted by Gasteiger charge is 2.50. The Balaban J connectivity index is 1.72. The molecule has 1 N–H and O–H groups in total. The molecule has 2 saturated heterocycles. The molecule has 2 aromatic rings. The fraction of sp³-hybridized carbons (Fsp3) is 0.458. The van der Waals surface area contributed by atoms with Gasteiger partial charge in [-0.05, 0) is 55.5 Å². The van der Waals surface area contributed by atoms with Gasteiger partial charge in [0, 0.05) is 39.5 Å². The molecule has 164 valence electrons. The van der Waals surface area contributed by atoms with E-state index in [1.165, 1.54) is 12.1 Å². The summed E-state index contributed by atoms with van der Waals surface area (Å²) < 4.78 is 19.6. The molecule has 1 atom stereocenters. The van der Waals surface area contributed by atoms with Crippen LogP contribution in [0.25, 0.3) is 0 Å². The lowest BCUT2D eigenvalue weighted by molar-refractivity contribution is -0.145. The molecule has 4 rings (SSSR count). The first kappa shape index (κ1) is 21.4. The summed E-state index contributed by atoms with van der Waals surface area (Å²) in [6.07, 6.45) is 3.95. The second-order valence-electron chi connectivity index (χ2n) is 8.41. The number of aromatic nitrogens is 1. The van der Waals surface area contributed by atoms with E-state index in [0.29, 0.717) is 56.7 Å². The molecule has 2 aliphatic rings. The topological polar surface area (TPSA) is 71.5 Å². The standard InChI is InChI=1S/C24H28FN3O3/c1-26-21(29)24(20-8-2-3-12-27-20)9-5-13-28(17-24)22(30)23(10-14-31-15-11-23)18-6-4-7-19(25)16-18/h2-4,6-8,12,16H,5,9-11,13-15,17H2,1H3,(H,26,29). The van der Waals surface area contributed by atoms with Gasteiger partial charge in [0.25, 0.3) is 0 Å². The summed E-state index contributed by atoms with van der Waals surface area (Å²) in [5.41, 5.74) is -0.414. The number of benzene rings is 1. The Morgan fingerprint density at radius 1 is 1.10 bits per heavy atom. The molecule has 1 unspecified atom stereocenters. The highest BCUT2D eigenvalue weighted by atomic mass is 19.1. The van der Waals surface area contributed by atoms with Gasteiger partial charge in [0.15, 0.2) is 0 Å². The van der Waals surface area contributed by atoms with E-state index in [2.05, 4.69) is 10.3 Å². The summed E-state index contributed by atoms with van der Waals surface area (Å²) in [7, 11) is 1.61. The molecule has 0 spiro atoms. The van der Waals surface area contributed by atoms with Crippen molar-refractivity contribution < 1.29 is 18.7 Å². The van der Waals surface area contributed by atoms with Crippen LogP contribution >= 0.6 is 0 Å². The predicted molar refractivity (Wildman–Crippen MR) is 114 cm³/mol. The third kappa shape index (κ3) is 3.82. The highest BCUT2D eigenvalue weighted by Crippen LogP contribution is 2.40. The Morgan fingerprint density at radius 3 is 2.58 bits per heavy atom. The van der Waals surface area contributed by atoms with Crippen molar-refractivity contribution in [3.8, 4) is 0 Å². The molecule has 2 fully saturated rings. The molecule has 0 radical (unpaired) electrons. The first-order chi connectivity index (χ1) is 15.0. The average Bonchev–Trinajstić information content (AvgIpc) is 2.84. The van der Waals surface area contributed by atoms with Gasteiger partial charge in [-0.1, -0.05) is 18.2 Å². The van der Waals surface area contributed by atoms with Crippen LogP contribution in [0.2, 0.25) is 0 Å². The molecule has 6 nitrogen and oxygen atoms in total. The Hall–Kier alpha value is -2.80. The second kappa shape index (κ2) is 8.75. The number of pyridine rings is 1. The largest absolute Gasteiger partial charge is 0.381 e. The van der Waals surface area contributed by atoms with Gasteiger partial charge in [-0.15, -0.1) is 0 Å². The maximum Gasteiger partial charge on any atom is 0.233 e. The first-order valence-electron chi connectivity index (χ1n) is 10.8. The molecule has 2 aliphatic heterocycles. The summed E-state index contributed by atoms with van der Waals surface area (Å²) in [6.45, 7) is 1.69. The number of carbonyl (C=O) groups is 2. The fourth-order valence-corrected chi connectivity index (χ4v) is 5.06. The first-order valence-corrected chi connectivity index (χ1v) is 10.8. The normalized spacial score (nSPS) is 23.2. The van der Waals surface area contributed by atoms with Crippen LogP contribution in [-0.2, 0) is 25.2 Å². The quantitative estimate of drug-likeness (QED) is 0.817. The highest BCUT2D eigenvalue weighted by molar-refractivity contribution is 5.92. The van der Waals surface area contributed by atoms with E-state index in [1.807, 2.05) is 24.3 Å². The lowest BCUT2D eigenvalue weighted by Gasteiger charge is -2.46. The number of nitrogens with zero attached hydrogens (tertiary/aromatic N) is 2. The lowest BCUT2D eigenvalue weighted by atomic mass is 9.71. The maximum atomic E-state index is 14.1. The van der Waals surface area contributed by atoms with Gasteiger partial charge in [-0.3, -0.25) is 14.6 Å². The molecule has 1 aromatic carbocycles. The van der Waals surface area contributed by atoms with Crippen LogP contribution < -0.4 is 5.32 Å². The van der Waals surface area contributed by atoms with Crippen molar-refractivity contribution in [3.05, 3.63) is 65.7 Å². The SMILES string of the molecule is CNC(=O)C1(c2ccccn2)CCCN(C(=O)C2(c3cccc(F)c3)CCOCC2)C1. The summed E-state index contributed by atoms with van der Waals surface area (Å²) in [6, 6.07) is 11.8. The van der Waals surface area contributed by atoms with Crippen molar-refractivity contribution in [2.45, 2.75) is 36.5 Å². The molecule has 3 heterocycles. The number of nitrogens with one attached hydrogen (secondary N) is 1. The minimum Gasteiger partial charge on any atom is -0.381 e. The number of hydrogen-bond acceptors (Lipinski definition) is 4. The number of amides is 2. The third-order valence-electron chi connectivity index (χ3n) is 6.73. The minimum atomic E-state index is -0.905. The van der Waals surface area contributed by atoms with E-state index < -0.39 is 10.8 Å². The predicted octanol–water partition coefficient (Wildman–Crippen LogP) is 2.58. The monoisotopic (exact) mass is 425 g/mol. The van der Waals surface area contributed by atoms with E-state index in [9.17, 15) is 14.0 Å². The molecule has 0 bridgehead atoms. The van der Waals surface area contributed by atoms with Crippen LogP contribution in [-0.4, -0.2) is 55.0 Å². The van der Waals surface area contributed by atoms with E-state index in [-0.39, 0.29) is 24.2 Å². The van der Waals surface area contributed by atoms with Crippen LogP contribution in [0.4, 0.5) is 4.39 Å². The smallest absolute Gasteiger partial charge is 0.233 e. The van der Waals surface area contributed by atoms with Crippen molar-refractivity contribution >= 4 is 11.8 Å².